The van der Waals surface area contributed by atoms with Crippen molar-refractivity contribution in [2.75, 3.05) is 19.0 Å². The molecule has 0 spiro atoms. The molecule has 0 saturated carbocycles. The highest BCUT2D eigenvalue weighted by molar-refractivity contribution is 7.89. The Morgan fingerprint density at radius 1 is 1.27 bits per heavy atom. The monoisotopic (exact) mass is 331 g/mol. The Kier molecular flexibility index (Phi) is 8.40. The molecule has 1 atom stereocenters. The molecule has 0 aliphatic carbocycles. The van der Waals surface area contributed by atoms with Crippen LogP contribution in [0.3, 0.4) is 0 Å². The van der Waals surface area contributed by atoms with Crippen LogP contribution in [0.1, 0.15) is 44.7 Å². The summed E-state index contributed by atoms with van der Waals surface area (Å²) in [6.45, 7) is 4.53. The molecule has 126 valence electrons. The molecule has 1 aromatic rings. The Morgan fingerprint density at radius 3 is 2.73 bits per heavy atom. The van der Waals surface area contributed by atoms with Gasteiger partial charge in [0.15, 0.2) is 0 Å². The first-order chi connectivity index (χ1) is 10.5. The molecule has 6 nitrogen and oxygen atoms in total. The van der Waals surface area contributed by atoms with Crippen molar-refractivity contribution in [2.45, 2.75) is 39.2 Å². The first-order valence-electron chi connectivity index (χ1n) is 7.47. The molecule has 22 heavy (non-hydrogen) atoms. The maximum Gasteiger partial charge on any atom is 0.212 e. The van der Waals surface area contributed by atoms with Gasteiger partial charge in [-0.25, -0.2) is 18.0 Å². The van der Waals surface area contributed by atoms with Crippen LogP contribution in [0.4, 0.5) is 0 Å². The van der Waals surface area contributed by atoms with E-state index in [1.54, 1.807) is 6.92 Å². The minimum Gasteiger partial charge on any atom is -0.494 e. The van der Waals surface area contributed by atoms with Gasteiger partial charge in [0.2, 0.25) is 10.0 Å². The summed E-state index contributed by atoms with van der Waals surface area (Å²) in [6, 6.07) is 7.06. The van der Waals surface area contributed by atoms with E-state index in [-0.39, 0.29) is 24.8 Å². The van der Waals surface area contributed by atoms with Crippen LogP contribution in [0.15, 0.2) is 24.3 Å². The van der Waals surface area contributed by atoms with Crippen molar-refractivity contribution in [3.63, 3.8) is 0 Å². The predicted molar refractivity (Wildman–Crippen MR) is 85.4 cm³/mol. The van der Waals surface area contributed by atoms with Gasteiger partial charge < -0.3 is 4.74 Å². The number of hydrogen-bond acceptors (Lipinski definition) is 5. The van der Waals surface area contributed by atoms with E-state index < -0.39 is 10.0 Å². The van der Waals surface area contributed by atoms with Crippen LogP contribution in [0.25, 0.3) is 0 Å². The van der Waals surface area contributed by atoms with Gasteiger partial charge in [-0.3, -0.25) is 5.26 Å². The smallest absolute Gasteiger partial charge is 0.212 e. The Hall–Kier alpha value is -1.15. The van der Waals surface area contributed by atoms with Crippen molar-refractivity contribution in [2.24, 2.45) is 0 Å². The fourth-order valence-corrected chi connectivity index (χ4v) is 3.21. The molecule has 0 aliphatic heterocycles. The number of sulfonamides is 1. The van der Waals surface area contributed by atoms with E-state index in [4.69, 9.17) is 9.99 Å². The summed E-state index contributed by atoms with van der Waals surface area (Å²) in [5, 5.41) is 8.21. The molecule has 1 unspecified atom stereocenters. The van der Waals surface area contributed by atoms with Crippen molar-refractivity contribution in [1.29, 1.82) is 0 Å². The molecule has 7 heteroatoms. The third-order valence-electron chi connectivity index (χ3n) is 3.13. The Labute approximate surface area is 132 Å². The van der Waals surface area contributed by atoms with Gasteiger partial charge in [0, 0.05) is 6.04 Å². The van der Waals surface area contributed by atoms with Gasteiger partial charge in [0.1, 0.15) is 5.75 Å². The standard InChI is InChI=1S/C15H25NO5S/c1-3-4-9-20-15-8-5-7-14(12-15)13(2)16-22(18,19)11-6-10-21-17/h5,7-8,12-13,16-17H,3-4,6,9-11H2,1-2H3. The molecule has 1 rings (SSSR count). The lowest BCUT2D eigenvalue weighted by Gasteiger charge is -2.15. The summed E-state index contributed by atoms with van der Waals surface area (Å²) in [4.78, 5) is 3.88. The maximum absolute atomic E-state index is 11.9. The predicted octanol–water partition coefficient (Wildman–Crippen LogP) is 2.73. The lowest BCUT2D eigenvalue weighted by molar-refractivity contribution is -0.241. The van der Waals surface area contributed by atoms with Crippen LogP contribution in [0, 0.1) is 0 Å². The average molecular weight is 331 g/mol. The van der Waals surface area contributed by atoms with Gasteiger partial charge >= 0.3 is 0 Å². The van der Waals surface area contributed by atoms with Crippen LogP contribution < -0.4 is 9.46 Å². The zero-order valence-electron chi connectivity index (χ0n) is 13.1. The molecular formula is C15H25NO5S. The number of rotatable bonds is 11. The van der Waals surface area contributed by atoms with Crippen LogP contribution in [-0.2, 0) is 14.9 Å². The Bertz CT molecular complexity index is 532. The van der Waals surface area contributed by atoms with E-state index in [9.17, 15) is 8.42 Å². The van der Waals surface area contributed by atoms with Gasteiger partial charge in [-0.2, -0.15) is 0 Å². The van der Waals surface area contributed by atoms with E-state index in [1.807, 2.05) is 24.3 Å². The highest BCUT2D eigenvalue weighted by Gasteiger charge is 2.16. The van der Waals surface area contributed by atoms with Gasteiger partial charge in [0.05, 0.1) is 19.0 Å². The summed E-state index contributed by atoms with van der Waals surface area (Å²) in [7, 11) is -3.42. The second-order valence-electron chi connectivity index (χ2n) is 5.12. The molecule has 0 fully saturated rings. The number of unbranched alkanes of at least 4 members (excludes halogenated alkanes) is 1. The number of benzene rings is 1. The zero-order valence-corrected chi connectivity index (χ0v) is 13.9. The van der Waals surface area contributed by atoms with Crippen molar-refractivity contribution < 1.29 is 23.3 Å². The lowest BCUT2D eigenvalue weighted by Crippen LogP contribution is -2.29. The molecule has 2 N–H and O–H groups in total. The van der Waals surface area contributed by atoms with Crippen LogP contribution in [-0.4, -0.2) is 32.6 Å². The third kappa shape index (κ3) is 7.22. The fraction of sp³-hybridized carbons (Fsp3) is 0.600. The summed E-state index contributed by atoms with van der Waals surface area (Å²) in [6.07, 6.45) is 2.28. The van der Waals surface area contributed by atoms with Crippen LogP contribution in [0.5, 0.6) is 5.75 Å². The minimum atomic E-state index is -3.42. The summed E-state index contributed by atoms with van der Waals surface area (Å²) in [5.41, 5.74) is 0.844. The third-order valence-corrected chi connectivity index (χ3v) is 4.67. The molecule has 0 saturated heterocycles. The van der Waals surface area contributed by atoms with Gasteiger partial charge in [-0.15, -0.1) is 0 Å². The van der Waals surface area contributed by atoms with Crippen molar-refractivity contribution in [1.82, 2.24) is 4.72 Å². The highest BCUT2D eigenvalue weighted by Crippen LogP contribution is 2.20. The van der Waals surface area contributed by atoms with E-state index in [0.717, 1.165) is 24.2 Å². The highest BCUT2D eigenvalue weighted by atomic mass is 32.2. The van der Waals surface area contributed by atoms with Gasteiger partial charge in [0.25, 0.3) is 0 Å². The molecule has 0 bridgehead atoms. The van der Waals surface area contributed by atoms with E-state index in [0.29, 0.717) is 6.61 Å². The Morgan fingerprint density at radius 2 is 2.05 bits per heavy atom. The fourth-order valence-electron chi connectivity index (χ4n) is 1.92. The average Bonchev–Trinajstić information content (AvgIpc) is 2.47. The summed E-state index contributed by atoms with van der Waals surface area (Å²) >= 11 is 0. The number of ether oxygens (including phenoxy) is 1. The maximum atomic E-state index is 11.9. The van der Waals surface area contributed by atoms with Crippen LogP contribution in [0.2, 0.25) is 0 Å². The quantitative estimate of drug-likeness (QED) is 0.370. The normalized spacial score (nSPS) is 13.0. The first-order valence-corrected chi connectivity index (χ1v) is 9.13. The Balaban J connectivity index is 2.60. The molecule has 0 radical (unpaired) electrons. The first kappa shape index (κ1) is 18.9. The molecule has 0 heterocycles. The SMILES string of the molecule is CCCCOc1cccc(C(C)NS(=O)(=O)CCCOO)c1. The largest absolute Gasteiger partial charge is 0.494 e. The number of nitrogens with one attached hydrogen (secondary N) is 1. The van der Waals surface area contributed by atoms with E-state index in [2.05, 4.69) is 16.5 Å². The van der Waals surface area contributed by atoms with Crippen molar-refractivity contribution in [3.05, 3.63) is 29.8 Å². The second-order valence-corrected chi connectivity index (χ2v) is 6.99. The molecule has 0 amide bonds. The molecule has 0 aromatic heterocycles. The lowest BCUT2D eigenvalue weighted by atomic mass is 10.1. The van der Waals surface area contributed by atoms with Crippen molar-refractivity contribution in [3.8, 4) is 5.75 Å². The molecule has 1 aromatic carbocycles. The van der Waals surface area contributed by atoms with E-state index >= 15 is 0 Å². The van der Waals surface area contributed by atoms with Gasteiger partial charge in [-0.1, -0.05) is 25.5 Å². The molecular weight excluding hydrogens is 306 g/mol. The van der Waals surface area contributed by atoms with E-state index in [1.165, 1.54) is 0 Å². The second kappa shape index (κ2) is 9.78. The molecule has 0 aliphatic rings. The summed E-state index contributed by atoms with van der Waals surface area (Å²) < 4.78 is 32.0. The van der Waals surface area contributed by atoms with Crippen molar-refractivity contribution >= 4 is 10.0 Å². The minimum absolute atomic E-state index is 0.00392. The summed E-state index contributed by atoms with van der Waals surface area (Å²) in [5.74, 6) is 0.649. The topological polar surface area (TPSA) is 84.9 Å². The zero-order chi connectivity index (χ0) is 16.4. The van der Waals surface area contributed by atoms with Gasteiger partial charge in [-0.05, 0) is 37.5 Å². The number of hydrogen-bond donors (Lipinski definition) is 2. The van der Waals surface area contributed by atoms with Crippen LogP contribution >= 0.6 is 0 Å².